The van der Waals surface area contributed by atoms with Crippen LogP contribution < -0.4 is 0 Å². The number of ether oxygens (including phenoxy) is 1. The molecule has 0 atom stereocenters. The van der Waals surface area contributed by atoms with Crippen LogP contribution in [0, 0.1) is 0 Å². The molecule has 0 aromatic heterocycles. The van der Waals surface area contributed by atoms with Gasteiger partial charge in [0.05, 0.1) is 7.11 Å². The van der Waals surface area contributed by atoms with Crippen LogP contribution in [0.5, 0.6) is 0 Å². The Morgan fingerprint density at radius 1 is 1.47 bits per heavy atom. The van der Waals surface area contributed by atoms with Crippen molar-refractivity contribution < 1.29 is 9.53 Å². The highest BCUT2D eigenvalue weighted by Gasteiger charge is 2.06. The SMILES string of the molecule is CCc1ccc(C=C(N=[N+]=[N-])C(=O)OC)cc1. The molecule has 0 saturated carbocycles. The zero-order valence-corrected chi connectivity index (χ0v) is 9.75. The van der Waals surface area contributed by atoms with Gasteiger partial charge in [-0.2, -0.15) is 0 Å². The van der Waals surface area contributed by atoms with Gasteiger partial charge in [-0.3, -0.25) is 0 Å². The molecule has 88 valence electrons. The lowest BCUT2D eigenvalue weighted by molar-refractivity contribution is -0.136. The lowest BCUT2D eigenvalue weighted by atomic mass is 10.1. The van der Waals surface area contributed by atoms with E-state index in [9.17, 15) is 4.79 Å². The van der Waals surface area contributed by atoms with E-state index in [4.69, 9.17) is 5.53 Å². The van der Waals surface area contributed by atoms with Gasteiger partial charge >= 0.3 is 5.97 Å². The summed E-state index contributed by atoms with van der Waals surface area (Å²) in [6.45, 7) is 2.06. The molecule has 0 aliphatic rings. The lowest BCUT2D eigenvalue weighted by Crippen LogP contribution is -2.01. The van der Waals surface area contributed by atoms with Gasteiger partial charge in [0.2, 0.25) is 0 Å². The van der Waals surface area contributed by atoms with Crippen LogP contribution in [0.15, 0.2) is 35.1 Å². The predicted octanol–water partition coefficient (Wildman–Crippen LogP) is 3.07. The second kappa shape index (κ2) is 6.35. The highest BCUT2D eigenvalue weighted by Crippen LogP contribution is 2.11. The monoisotopic (exact) mass is 231 g/mol. The van der Waals surface area contributed by atoms with Crippen molar-refractivity contribution in [1.29, 1.82) is 0 Å². The molecule has 0 spiro atoms. The largest absolute Gasteiger partial charge is 0.466 e. The molecule has 0 aliphatic heterocycles. The second-order valence-electron chi connectivity index (χ2n) is 3.31. The quantitative estimate of drug-likeness (QED) is 0.262. The minimum Gasteiger partial charge on any atom is -0.466 e. The molecule has 5 nitrogen and oxygen atoms in total. The van der Waals surface area contributed by atoms with E-state index in [1.54, 1.807) is 0 Å². The van der Waals surface area contributed by atoms with Crippen molar-refractivity contribution in [1.82, 2.24) is 0 Å². The molecule has 0 bridgehead atoms. The minimum absolute atomic E-state index is 0.0563. The lowest BCUT2D eigenvalue weighted by Gasteiger charge is -2.00. The molecule has 0 aliphatic carbocycles. The number of hydrogen-bond acceptors (Lipinski definition) is 3. The highest BCUT2D eigenvalue weighted by atomic mass is 16.5. The molecule has 0 radical (unpaired) electrons. The van der Waals surface area contributed by atoms with Crippen molar-refractivity contribution in [2.24, 2.45) is 5.11 Å². The number of methoxy groups -OCH3 is 1. The maximum absolute atomic E-state index is 11.3. The average Bonchev–Trinajstić information content (AvgIpc) is 2.38. The molecular weight excluding hydrogens is 218 g/mol. The van der Waals surface area contributed by atoms with Gasteiger partial charge in [0.1, 0.15) is 5.70 Å². The van der Waals surface area contributed by atoms with E-state index in [-0.39, 0.29) is 5.70 Å². The first-order valence-corrected chi connectivity index (χ1v) is 5.15. The van der Waals surface area contributed by atoms with Crippen LogP contribution in [0.4, 0.5) is 0 Å². The fourth-order valence-electron chi connectivity index (χ4n) is 1.29. The van der Waals surface area contributed by atoms with E-state index < -0.39 is 5.97 Å². The molecule has 1 aromatic rings. The van der Waals surface area contributed by atoms with E-state index >= 15 is 0 Å². The van der Waals surface area contributed by atoms with Crippen LogP contribution in [-0.2, 0) is 16.0 Å². The molecule has 0 heterocycles. The molecule has 1 rings (SSSR count). The number of nitrogens with zero attached hydrogens (tertiary/aromatic N) is 3. The Hall–Kier alpha value is -2.26. The summed E-state index contributed by atoms with van der Waals surface area (Å²) in [5, 5.41) is 3.30. The summed E-state index contributed by atoms with van der Waals surface area (Å²) in [6, 6.07) is 7.62. The van der Waals surface area contributed by atoms with Gasteiger partial charge in [0, 0.05) is 4.91 Å². The minimum atomic E-state index is -0.651. The Kier molecular flexibility index (Phi) is 4.78. The number of aryl methyl sites for hydroxylation is 1. The van der Waals surface area contributed by atoms with Crippen LogP contribution in [0.3, 0.4) is 0 Å². The molecule has 1 aromatic carbocycles. The Morgan fingerprint density at radius 2 is 2.12 bits per heavy atom. The first-order chi connectivity index (χ1) is 8.21. The number of carbonyl (C=O) groups is 1. The number of esters is 1. The maximum atomic E-state index is 11.3. The van der Waals surface area contributed by atoms with Gasteiger partial charge in [-0.15, -0.1) is 0 Å². The van der Waals surface area contributed by atoms with Crippen molar-refractivity contribution >= 4 is 12.0 Å². The third-order valence-corrected chi connectivity index (χ3v) is 2.24. The summed E-state index contributed by atoms with van der Waals surface area (Å²) in [4.78, 5) is 13.9. The third-order valence-electron chi connectivity index (χ3n) is 2.24. The number of hydrogen-bond donors (Lipinski definition) is 0. The average molecular weight is 231 g/mol. The summed E-state index contributed by atoms with van der Waals surface area (Å²) in [5.41, 5.74) is 10.3. The van der Waals surface area contributed by atoms with E-state index in [0.717, 1.165) is 12.0 Å². The van der Waals surface area contributed by atoms with Crippen molar-refractivity contribution in [3.05, 3.63) is 51.5 Å². The van der Waals surface area contributed by atoms with E-state index in [2.05, 4.69) is 21.7 Å². The number of carbonyl (C=O) groups excluding carboxylic acids is 1. The first-order valence-electron chi connectivity index (χ1n) is 5.15. The summed E-state index contributed by atoms with van der Waals surface area (Å²) in [6.07, 6.45) is 2.44. The molecule has 17 heavy (non-hydrogen) atoms. The van der Waals surface area contributed by atoms with Crippen LogP contribution in [0.25, 0.3) is 16.5 Å². The Bertz CT molecular complexity index is 471. The molecule has 5 heteroatoms. The predicted molar refractivity (Wildman–Crippen MR) is 65.0 cm³/mol. The smallest absolute Gasteiger partial charge is 0.340 e. The first kappa shape index (κ1) is 12.8. The zero-order chi connectivity index (χ0) is 12.7. The fourth-order valence-corrected chi connectivity index (χ4v) is 1.29. The molecule has 0 saturated heterocycles. The summed E-state index contributed by atoms with van der Waals surface area (Å²) < 4.78 is 4.51. The molecule has 0 N–H and O–H groups in total. The number of rotatable bonds is 4. The third kappa shape index (κ3) is 3.66. The number of benzene rings is 1. The zero-order valence-electron chi connectivity index (χ0n) is 9.75. The standard InChI is InChI=1S/C12H13N3O2/c1-3-9-4-6-10(7-5-9)8-11(14-15-13)12(16)17-2/h4-8H,3H2,1-2H3. The Labute approximate surface area is 99.3 Å². The van der Waals surface area contributed by atoms with E-state index in [1.807, 2.05) is 24.3 Å². The van der Waals surface area contributed by atoms with Gasteiger partial charge < -0.3 is 4.74 Å². The summed E-state index contributed by atoms with van der Waals surface area (Å²) >= 11 is 0. The van der Waals surface area contributed by atoms with Gasteiger partial charge in [-0.05, 0) is 29.2 Å². The normalized spacial score (nSPS) is 10.6. The Morgan fingerprint density at radius 3 is 2.59 bits per heavy atom. The fraction of sp³-hybridized carbons (Fsp3) is 0.250. The van der Waals surface area contributed by atoms with Gasteiger partial charge in [0.15, 0.2) is 0 Å². The Balaban J connectivity index is 3.03. The maximum Gasteiger partial charge on any atom is 0.340 e. The second-order valence-corrected chi connectivity index (χ2v) is 3.31. The van der Waals surface area contributed by atoms with Crippen molar-refractivity contribution in [2.45, 2.75) is 13.3 Å². The van der Waals surface area contributed by atoms with Crippen LogP contribution in [-0.4, -0.2) is 13.1 Å². The van der Waals surface area contributed by atoms with Crippen molar-refractivity contribution in [3.8, 4) is 0 Å². The summed E-state index contributed by atoms with van der Waals surface area (Å²) in [5.74, 6) is -0.651. The van der Waals surface area contributed by atoms with Crippen molar-refractivity contribution in [2.75, 3.05) is 7.11 Å². The molecular formula is C12H13N3O2. The highest BCUT2D eigenvalue weighted by molar-refractivity contribution is 5.93. The van der Waals surface area contributed by atoms with Crippen LogP contribution in [0.2, 0.25) is 0 Å². The topological polar surface area (TPSA) is 75.1 Å². The van der Waals surface area contributed by atoms with Crippen LogP contribution >= 0.6 is 0 Å². The number of azide groups is 1. The van der Waals surface area contributed by atoms with Gasteiger partial charge in [0.25, 0.3) is 0 Å². The van der Waals surface area contributed by atoms with Gasteiger partial charge in [-0.25, -0.2) is 4.79 Å². The van der Waals surface area contributed by atoms with Crippen LogP contribution in [0.1, 0.15) is 18.1 Å². The molecule has 0 fully saturated rings. The molecule has 0 unspecified atom stereocenters. The van der Waals surface area contributed by atoms with Gasteiger partial charge in [-0.1, -0.05) is 36.3 Å². The van der Waals surface area contributed by atoms with Crippen molar-refractivity contribution in [3.63, 3.8) is 0 Å². The summed E-state index contributed by atoms with van der Waals surface area (Å²) in [7, 11) is 1.24. The molecule has 0 amide bonds. The van der Waals surface area contributed by atoms with E-state index in [1.165, 1.54) is 18.7 Å². The van der Waals surface area contributed by atoms with E-state index in [0.29, 0.717) is 0 Å².